The van der Waals surface area contributed by atoms with Crippen LogP contribution in [0, 0.1) is 28.5 Å². The summed E-state index contributed by atoms with van der Waals surface area (Å²) in [5, 5.41) is 34.8. The summed E-state index contributed by atoms with van der Waals surface area (Å²) in [5.74, 6) is -1.83. The summed E-state index contributed by atoms with van der Waals surface area (Å²) < 4.78 is 27.3. The first-order valence-electron chi connectivity index (χ1n) is 15.2. The third kappa shape index (κ3) is 8.37. The maximum absolute atomic E-state index is 15.2. The lowest BCUT2D eigenvalue weighted by Crippen LogP contribution is -2.31. The Labute approximate surface area is 293 Å². The quantitative estimate of drug-likeness (QED) is 0.118. The number of anilines is 3. The van der Waals surface area contributed by atoms with Gasteiger partial charge in [-0.25, -0.2) is 14.2 Å². The normalized spacial score (nSPS) is 12.0. The molecule has 50 heavy (non-hydrogen) atoms. The van der Waals surface area contributed by atoms with Crippen LogP contribution in [0.1, 0.15) is 36.6 Å². The second-order valence-electron chi connectivity index (χ2n) is 11.6. The molecule has 2 heterocycles. The Morgan fingerprint density at radius 2 is 1.84 bits per heavy atom. The van der Waals surface area contributed by atoms with E-state index in [0.29, 0.717) is 11.7 Å². The van der Waals surface area contributed by atoms with E-state index in [1.807, 2.05) is 0 Å². The topological polar surface area (TPSA) is 178 Å². The SMILES string of the molecule is COc1ccc(Cn2cc(Cl)cc(NC(/C(C(=N)C(=O)O)=C(/Nc3cnc(N(C)C)nc3OC)C(C)C)c3ccc(C#N)c(F)c3)c2=O)cc1. The van der Waals surface area contributed by atoms with Crippen LogP contribution < -0.4 is 30.6 Å². The van der Waals surface area contributed by atoms with E-state index in [1.165, 1.54) is 42.3 Å². The van der Waals surface area contributed by atoms with Crippen LogP contribution in [0.25, 0.3) is 0 Å². The van der Waals surface area contributed by atoms with Gasteiger partial charge in [0.15, 0.2) is 0 Å². The van der Waals surface area contributed by atoms with Crippen molar-refractivity contribution in [3.05, 3.63) is 110 Å². The molecule has 0 amide bonds. The second kappa shape index (κ2) is 16.0. The number of pyridine rings is 1. The molecule has 0 radical (unpaired) electrons. The van der Waals surface area contributed by atoms with E-state index in [-0.39, 0.29) is 51.2 Å². The van der Waals surface area contributed by atoms with Crippen LogP contribution in [-0.2, 0) is 11.3 Å². The number of benzene rings is 2. The van der Waals surface area contributed by atoms with Crippen molar-refractivity contribution < 1.29 is 23.8 Å². The van der Waals surface area contributed by atoms with Gasteiger partial charge < -0.3 is 34.7 Å². The van der Waals surface area contributed by atoms with Crippen molar-refractivity contribution in [2.75, 3.05) is 43.8 Å². The van der Waals surface area contributed by atoms with Crippen molar-refractivity contribution in [1.82, 2.24) is 14.5 Å². The molecular weight excluding hydrogens is 667 g/mol. The van der Waals surface area contributed by atoms with Gasteiger partial charge in [0, 0.05) is 31.6 Å². The maximum Gasteiger partial charge on any atom is 0.354 e. The van der Waals surface area contributed by atoms with Gasteiger partial charge in [-0.15, -0.1) is 0 Å². The number of nitrogens with one attached hydrogen (secondary N) is 3. The Hall–Kier alpha value is -5.94. The summed E-state index contributed by atoms with van der Waals surface area (Å²) in [4.78, 5) is 36.9. The Bertz CT molecular complexity index is 2040. The van der Waals surface area contributed by atoms with Crippen LogP contribution in [0.15, 0.2) is 77.0 Å². The van der Waals surface area contributed by atoms with Crippen molar-refractivity contribution in [1.29, 1.82) is 10.7 Å². The largest absolute Gasteiger partial charge is 0.497 e. The number of allylic oxidation sites excluding steroid dienone is 1. The van der Waals surface area contributed by atoms with Crippen molar-refractivity contribution in [2.24, 2.45) is 5.92 Å². The number of halogens is 2. The highest BCUT2D eigenvalue weighted by atomic mass is 35.5. The average Bonchev–Trinajstić information content (AvgIpc) is 3.09. The number of methoxy groups -OCH3 is 2. The van der Waals surface area contributed by atoms with Crippen molar-refractivity contribution in [2.45, 2.75) is 26.4 Å². The number of hydrogen-bond donors (Lipinski definition) is 4. The third-order valence-corrected chi connectivity index (χ3v) is 7.76. The molecule has 4 aromatic rings. The molecule has 2 aromatic heterocycles. The molecule has 1 unspecified atom stereocenters. The predicted molar refractivity (Wildman–Crippen MR) is 189 cm³/mol. The fraction of sp³-hybridized carbons (Fsp3) is 0.257. The van der Waals surface area contributed by atoms with E-state index in [4.69, 9.17) is 26.5 Å². The summed E-state index contributed by atoms with van der Waals surface area (Å²) in [6.07, 6.45) is 2.90. The molecule has 1 atom stereocenters. The van der Waals surface area contributed by atoms with Crippen LogP contribution in [0.5, 0.6) is 11.6 Å². The van der Waals surface area contributed by atoms with Crippen LogP contribution in [0.3, 0.4) is 0 Å². The molecule has 0 saturated carbocycles. The minimum atomic E-state index is -1.59. The number of aromatic nitrogens is 3. The molecule has 4 rings (SSSR count). The highest BCUT2D eigenvalue weighted by Crippen LogP contribution is 2.35. The van der Waals surface area contributed by atoms with Crippen molar-refractivity contribution in [3.63, 3.8) is 0 Å². The van der Waals surface area contributed by atoms with Gasteiger partial charge >= 0.3 is 5.97 Å². The highest BCUT2D eigenvalue weighted by molar-refractivity contribution is 6.41. The molecule has 15 heteroatoms. The summed E-state index contributed by atoms with van der Waals surface area (Å²) in [5.41, 5.74) is -0.481. The van der Waals surface area contributed by atoms with Gasteiger partial charge in [-0.1, -0.05) is 43.6 Å². The van der Waals surface area contributed by atoms with E-state index in [1.54, 1.807) is 70.3 Å². The number of rotatable bonds is 14. The molecule has 0 aliphatic heterocycles. The van der Waals surface area contributed by atoms with E-state index in [9.17, 15) is 20.0 Å². The lowest BCUT2D eigenvalue weighted by atomic mass is 9.89. The standard InChI is InChI=1S/C35H36ClFN8O5/c1-19(2)30(42-27-16-40-35(44(3)4)43-32(27)50-6)28(29(39)34(47)48)31(21-9-10-22(15-38)25(37)13-21)41-26-14-23(36)18-45(33(26)46)17-20-7-11-24(49-5)12-8-20/h7-14,16,18-19,31,39,41-42H,17H2,1-6H3,(H,47,48)/b30-28+,39-29?. The first-order chi connectivity index (χ1) is 23.8. The second-order valence-corrected chi connectivity index (χ2v) is 12.0. The van der Waals surface area contributed by atoms with Gasteiger partial charge in [0.2, 0.25) is 11.8 Å². The van der Waals surface area contributed by atoms with Gasteiger partial charge in [-0.2, -0.15) is 10.2 Å². The minimum Gasteiger partial charge on any atom is -0.497 e. The van der Waals surface area contributed by atoms with Crippen LogP contribution >= 0.6 is 11.6 Å². The number of carbonyl (C=O) groups is 1. The average molecular weight is 703 g/mol. The molecule has 0 bridgehead atoms. The fourth-order valence-electron chi connectivity index (χ4n) is 5.06. The van der Waals surface area contributed by atoms with Gasteiger partial charge in [-0.3, -0.25) is 10.2 Å². The van der Waals surface area contributed by atoms with Crippen molar-refractivity contribution >= 4 is 40.6 Å². The monoisotopic (exact) mass is 702 g/mol. The first kappa shape index (κ1) is 36.9. The molecule has 0 fully saturated rings. The predicted octanol–water partition coefficient (Wildman–Crippen LogP) is 5.71. The van der Waals surface area contributed by atoms with E-state index >= 15 is 4.39 Å². The smallest absolute Gasteiger partial charge is 0.354 e. The highest BCUT2D eigenvalue weighted by Gasteiger charge is 2.31. The summed E-state index contributed by atoms with van der Waals surface area (Å²) in [7, 11) is 6.46. The molecule has 0 aliphatic rings. The lowest BCUT2D eigenvalue weighted by Gasteiger charge is -2.28. The minimum absolute atomic E-state index is 0.0594. The Morgan fingerprint density at radius 3 is 2.40 bits per heavy atom. The number of carboxylic acid groups (broad SMARTS) is 1. The number of hydrogen-bond acceptors (Lipinski definition) is 11. The van der Waals surface area contributed by atoms with Crippen molar-refractivity contribution in [3.8, 4) is 17.7 Å². The fourth-order valence-corrected chi connectivity index (χ4v) is 5.29. The summed E-state index contributed by atoms with van der Waals surface area (Å²) in [6, 6.07) is 12.6. The molecule has 0 spiro atoms. The molecule has 0 aliphatic carbocycles. The third-order valence-electron chi connectivity index (χ3n) is 7.55. The zero-order chi connectivity index (χ0) is 36.7. The lowest BCUT2D eigenvalue weighted by molar-refractivity contribution is -0.129. The zero-order valence-corrected chi connectivity index (χ0v) is 29.0. The van der Waals surface area contributed by atoms with Gasteiger partial charge in [0.05, 0.1) is 43.6 Å². The van der Waals surface area contributed by atoms with E-state index in [0.717, 1.165) is 11.6 Å². The van der Waals surface area contributed by atoms with Gasteiger partial charge in [-0.05, 0) is 47.4 Å². The number of aliphatic carboxylic acids is 1. The molecule has 2 aromatic carbocycles. The van der Waals surface area contributed by atoms with Gasteiger partial charge in [0.1, 0.15) is 34.7 Å². The molecule has 260 valence electrons. The molecular formula is C35H36ClFN8O5. The van der Waals surface area contributed by atoms with E-state index in [2.05, 4.69) is 20.6 Å². The van der Waals surface area contributed by atoms with Gasteiger partial charge in [0.25, 0.3) is 5.56 Å². The molecule has 13 nitrogen and oxygen atoms in total. The Balaban J connectivity index is 1.96. The summed E-state index contributed by atoms with van der Waals surface area (Å²) >= 11 is 6.50. The van der Waals surface area contributed by atoms with Crippen LogP contribution in [0.2, 0.25) is 5.02 Å². The van der Waals surface area contributed by atoms with Crippen LogP contribution in [0.4, 0.5) is 21.7 Å². The van der Waals surface area contributed by atoms with Crippen LogP contribution in [-0.4, -0.2) is 59.6 Å². The number of nitriles is 1. The molecule has 0 saturated heterocycles. The zero-order valence-electron chi connectivity index (χ0n) is 28.2. The first-order valence-corrected chi connectivity index (χ1v) is 15.6. The Kier molecular flexibility index (Phi) is 11.8. The number of ether oxygens (including phenoxy) is 2. The number of carboxylic acids is 1. The van der Waals surface area contributed by atoms with E-state index < -0.39 is 35.0 Å². The summed E-state index contributed by atoms with van der Waals surface area (Å²) in [6.45, 7) is 3.65. The maximum atomic E-state index is 15.2. The molecule has 4 N–H and O–H groups in total. The number of nitrogens with zero attached hydrogens (tertiary/aromatic N) is 5. The Morgan fingerprint density at radius 1 is 1.14 bits per heavy atom.